The SMILES string of the molecule is COC(=O)c1sc(NS(=O)(=O)c2ccc(F)c(F)c2F)cc1C. The van der Waals surface area contributed by atoms with Gasteiger partial charge in [0.25, 0.3) is 10.0 Å². The number of rotatable bonds is 4. The molecular formula is C13H10F3NO4S2. The van der Waals surface area contributed by atoms with Crippen LogP contribution in [-0.2, 0) is 14.8 Å². The van der Waals surface area contributed by atoms with E-state index < -0.39 is 38.3 Å². The van der Waals surface area contributed by atoms with E-state index in [-0.39, 0.29) is 9.88 Å². The van der Waals surface area contributed by atoms with Gasteiger partial charge in [-0.1, -0.05) is 0 Å². The third-order valence-electron chi connectivity index (χ3n) is 2.81. The second kappa shape index (κ2) is 6.20. The van der Waals surface area contributed by atoms with Crippen molar-refractivity contribution in [2.24, 2.45) is 0 Å². The molecule has 1 aromatic carbocycles. The molecule has 0 aliphatic rings. The Hall–Kier alpha value is -2.07. The summed E-state index contributed by atoms with van der Waals surface area (Å²) in [4.78, 5) is 10.6. The number of nitrogens with one attached hydrogen (secondary N) is 1. The fourth-order valence-electron chi connectivity index (χ4n) is 1.73. The van der Waals surface area contributed by atoms with Crippen LogP contribution in [0.5, 0.6) is 0 Å². The molecule has 0 spiro atoms. The fourth-order valence-corrected chi connectivity index (χ4v) is 4.08. The highest BCUT2D eigenvalue weighted by atomic mass is 32.2. The molecule has 5 nitrogen and oxygen atoms in total. The van der Waals surface area contributed by atoms with E-state index in [0.29, 0.717) is 17.7 Å². The molecule has 1 aromatic heterocycles. The lowest BCUT2D eigenvalue weighted by Gasteiger charge is -2.07. The predicted molar refractivity (Wildman–Crippen MR) is 77.5 cm³/mol. The number of sulfonamides is 1. The maximum atomic E-state index is 13.6. The Bertz CT molecular complexity index is 878. The number of carbonyl (C=O) groups is 1. The molecule has 0 atom stereocenters. The first kappa shape index (κ1) is 17.3. The molecule has 23 heavy (non-hydrogen) atoms. The van der Waals surface area contributed by atoms with Crippen molar-refractivity contribution >= 4 is 32.3 Å². The number of thiophene rings is 1. The van der Waals surface area contributed by atoms with Crippen LogP contribution in [0.4, 0.5) is 18.2 Å². The van der Waals surface area contributed by atoms with Crippen LogP contribution in [0, 0.1) is 24.4 Å². The maximum absolute atomic E-state index is 13.6. The third-order valence-corrected chi connectivity index (χ3v) is 5.46. The van der Waals surface area contributed by atoms with Gasteiger partial charge in [-0.25, -0.2) is 26.4 Å². The van der Waals surface area contributed by atoms with Gasteiger partial charge < -0.3 is 4.74 Å². The molecule has 1 heterocycles. The van der Waals surface area contributed by atoms with Gasteiger partial charge in [0.1, 0.15) is 14.8 Å². The highest BCUT2D eigenvalue weighted by Crippen LogP contribution is 2.30. The van der Waals surface area contributed by atoms with Crippen LogP contribution < -0.4 is 4.72 Å². The first-order valence-corrected chi connectivity index (χ1v) is 8.32. The van der Waals surface area contributed by atoms with E-state index in [9.17, 15) is 26.4 Å². The zero-order chi connectivity index (χ0) is 17.4. The molecule has 0 fully saturated rings. The lowest BCUT2D eigenvalue weighted by Crippen LogP contribution is -2.15. The number of benzene rings is 1. The monoisotopic (exact) mass is 365 g/mol. The Kier molecular flexibility index (Phi) is 4.66. The number of ether oxygens (including phenoxy) is 1. The highest BCUT2D eigenvalue weighted by Gasteiger charge is 2.25. The average Bonchev–Trinajstić information content (AvgIpc) is 2.83. The zero-order valence-corrected chi connectivity index (χ0v) is 13.4. The number of esters is 1. The van der Waals surface area contributed by atoms with Crippen molar-refractivity contribution in [2.45, 2.75) is 11.8 Å². The minimum Gasteiger partial charge on any atom is -0.465 e. The average molecular weight is 365 g/mol. The van der Waals surface area contributed by atoms with Gasteiger partial charge in [-0.2, -0.15) is 0 Å². The second-order valence-electron chi connectivity index (χ2n) is 4.39. The van der Waals surface area contributed by atoms with E-state index in [0.717, 1.165) is 11.3 Å². The number of carbonyl (C=O) groups excluding carboxylic acids is 1. The molecule has 124 valence electrons. The van der Waals surface area contributed by atoms with Crippen LogP contribution in [0.25, 0.3) is 0 Å². The Morgan fingerprint density at radius 3 is 2.48 bits per heavy atom. The number of hydrogen-bond donors (Lipinski definition) is 1. The van der Waals surface area contributed by atoms with Crippen LogP contribution in [0.2, 0.25) is 0 Å². The highest BCUT2D eigenvalue weighted by molar-refractivity contribution is 7.93. The number of methoxy groups -OCH3 is 1. The summed E-state index contributed by atoms with van der Waals surface area (Å²) in [5.41, 5.74) is 0.449. The molecule has 0 aliphatic heterocycles. The summed E-state index contributed by atoms with van der Waals surface area (Å²) >= 11 is 0.772. The van der Waals surface area contributed by atoms with Gasteiger partial charge in [0, 0.05) is 0 Å². The Morgan fingerprint density at radius 2 is 1.87 bits per heavy atom. The lowest BCUT2D eigenvalue weighted by molar-refractivity contribution is 0.0605. The quantitative estimate of drug-likeness (QED) is 0.668. The molecule has 0 aliphatic carbocycles. The lowest BCUT2D eigenvalue weighted by atomic mass is 10.3. The predicted octanol–water partition coefficient (Wildman–Crippen LogP) is 3.06. The van der Waals surface area contributed by atoms with E-state index in [4.69, 9.17) is 0 Å². The van der Waals surface area contributed by atoms with Gasteiger partial charge in [0.15, 0.2) is 17.5 Å². The molecule has 0 saturated carbocycles. The van der Waals surface area contributed by atoms with E-state index in [2.05, 4.69) is 4.74 Å². The molecule has 0 radical (unpaired) electrons. The smallest absolute Gasteiger partial charge is 0.348 e. The van der Waals surface area contributed by atoms with E-state index in [1.165, 1.54) is 13.2 Å². The number of hydrogen-bond acceptors (Lipinski definition) is 5. The van der Waals surface area contributed by atoms with Crippen LogP contribution >= 0.6 is 11.3 Å². The van der Waals surface area contributed by atoms with Crippen LogP contribution in [0.3, 0.4) is 0 Å². The number of anilines is 1. The van der Waals surface area contributed by atoms with Crippen LogP contribution in [0.15, 0.2) is 23.1 Å². The van der Waals surface area contributed by atoms with Gasteiger partial charge >= 0.3 is 5.97 Å². The van der Waals surface area contributed by atoms with Crippen molar-refractivity contribution in [2.75, 3.05) is 11.8 Å². The van der Waals surface area contributed by atoms with E-state index in [1.54, 1.807) is 6.92 Å². The van der Waals surface area contributed by atoms with Crippen molar-refractivity contribution in [3.63, 3.8) is 0 Å². The summed E-state index contributed by atoms with van der Waals surface area (Å²) < 4.78 is 70.4. The van der Waals surface area contributed by atoms with Crippen molar-refractivity contribution in [1.82, 2.24) is 0 Å². The summed E-state index contributed by atoms with van der Waals surface area (Å²) in [5.74, 6) is -5.86. The maximum Gasteiger partial charge on any atom is 0.348 e. The molecule has 2 rings (SSSR count). The molecule has 10 heteroatoms. The molecule has 0 unspecified atom stereocenters. The first-order valence-electron chi connectivity index (χ1n) is 6.02. The van der Waals surface area contributed by atoms with Crippen molar-refractivity contribution < 1.29 is 31.1 Å². The summed E-state index contributed by atoms with van der Waals surface area (Å²) in [6.45, 7) is 1.55. The molecule has 1 N–H and O–H groups in total. The molecule has 0 bridgehead atoms. The topological polar surface area (TPSA) is 72.5 Å². The largest absolute Gasteiger partial charge is 0.465 e. The summed E-state index contributed by atoms with van der Waals surface area (Å²) in [6, 6.07) is 2.45. The van der Waals surface area contributed by atoms with Crippen molar-refractivity contribution in [3.05, 3.63) is 46.1 Å². The molecule has 0 amide bonds. The van der Waals surface area contributed by atoms with Gasteiger partial charge in [-0.05, 0) is 30.7 Å². The molecule has 0 saturated heterocycles. The zero-order valence-electron chi connectivity index (χ0n) is 11.8. The van der Waals surface area contributed by atoms with Crippen LogP contribution in [-0.4, -0.2) is 21.5 Å². The van der Waals surface area contributed by atoms with Gasteiger partial charge in [0.2, 0.25) is 0 Å². The fraction of sp³-hybridized carbons (Fsp3) is 0.154. The number of aryl methyl sites for hydroxylation is 1. The first-order chi connectivity index (χ1) is 10.7. The van der Waals surface area contributed by atoms with Crippen molar-refractivity contribution in [3.8, 4) is 0 Å². The van der Waals surface area contributed by atoms with Gasteiger partial charge in [-0.3, -0.25) is 4.72 Å². The normalized spacial score (nSPS) is 11.3. The van der Waals surface area contributed by atoms with Gasteiger partial charge in [0.05, 0.1) is 7.11 Å². The minimum atomic E-state index is -4.49. The van der Waals surface area contributed by atoms with E-state index in [1.807, 2.05) is 4.72 Å². The molecule has 2 aromatic rings. The van der Waals surface area contributed by atoms with Crippen LogP contribution in [0.1, 0.15) is 15.2 Å². The minimum absolute atomic E-state index is 0.00651. The van der Waals surface area contributed by atoms with E-state index >= 15 is 0 Å². The third kappa shape index (κ3) is 3.32. The Balaban J connectivity index is 2.40. The summed E-state index contributed by atoms with van der Waals surface area (Å²) in [6.07, 6.45) is 0. The summed E-state index contributed by atoms with van der Waals surface area (Å²) in [5, 5.41) is 0.00651. The standard InChI is InChI=1S/C13H10F3NO4S2/c1-6-5-9(22-12(6)13(18)21-2)17-23(19,20)8-4-3-7(14)10(15)11(8)16/h3-5,17H,1-2H3. The Morgan fingerprint density at radius 1 is 1.22 bits per heavy atom. The Labute approximate surface area is 133 Å². The second-order valence-corrected chi connectivity index (χ2v) is 7.10. The van der Waals surface area contributed by atoms with Crippen molar-refractivity contribution in [1.29, 1.82) is 0 Å². The number of halogens is 3. The molecular weight excluding hydrogens is 355 g/mol. The summed E-state index contributed by atoms with van der Waals surface area (Å²) in [7, 11) is -3.32. The van der Waals surface area contributed by atoms with Gasteiger partial charge in [-0.15, -0.1) is 11.3 Å².